The van der Waals surface area contributed by atoms with Gasteiger partial charge in [0.1, 0.15) is 0 Å². The number of anilines is 1. The van der Waals surface area contributed by atoms with Crippen molar-refractivity contribution >= 4 is 5.69 Å². The Morgan fingerprint density at radius 3 is 2.83 bits per heavy atom. The zero-order valence-corrected chi connectivity index (χ0v) is 10.9. The molecule has 18 heavy (non-hydrogen) atoms. The molecule has 96 valence electrons. The molecule has 1 N–H and O–H groups in total. The van der Waals surface area contributed by atoms with Crippen molar-refractivity contribution in [2.24, 2.45) is 5.41 Å². The summed E-state index contributed by atoms with van der Waals surface area (Å²) in [5, 5.41) is 12.3. The third-order valence-electron chi connectivity index (χ3n) is 3.66. The Bertz CT molecular complexity index is 432. The van der Waals surface area contributed by atoms with Gasteiger partial charge in [-0.15, -0.1) is 0 Å². The summed E-state index contributed by atoms with van der Waals surface area (Å²) in [6.45, 7) is 1.65. The van der Waals surface area contributed by atoms with Crippen LogP contribution in [-0.4, -0.2) is 20.3 Å². The summed E-state index contributed by atoms with van der Waals surface area (Å²) < 4.78 is 5.13. The molecule has 0 aromatic heterocycles. The van der Waals surface area contributed by atoms with E-state index >= 15 is 0 Å². The lowest BCUT2D eigenvalue weighted by molar-refractivity contribution is 0.202. The summed E-state index contributed by atoms with van der Waals surface area (Å²) in [6.07, 6.45) is 3.94. The molecule has 1 aromatic carbocycles. The van der Waals surface area contributed by atoms with E-state index < -0.39 is 0 Å². The van der Waals surface area contributed by atoms with E-state index in [-0.39, 0.29) is 5.41 Å². The fraction of sp³-hybridized carbons (Fsp3) is 0.533. The fourth-order valence-corrected chi connectivity index (χ4v) is 2.17. The molecule has 3 heteroatoms. The predicted octanol–water partition coefficient (Wildman–Crippen LogP) is 2.98. The Kier molecular flexibility index (Phi) is 4.22. The quantitative estimate of drug-likeness (QED) is 0.802. The first-order valence-electron chi connectivity index (χ1n) is 6.47. The summed E-state index contributed by atoms with van der Waals surface area (Å²) in [5.74, 6) is 0. The van der Waals surface area contributed by atoms with Gasteiger partial charge >= 0.3 is 0 Å². The first-order chi connectivity index (χ1) is 8.79. The number of hydrogen-bond donors (Lipinski definition) is 1. The van der Waals surface area contributed by atoms with E-state index in [1.165, 1.54) is 24.1 Å². The first kappa shape index (κ1) is 12.9. The highest BCUT2D eigenvalue weighted by Crippen LogP contribution is 2.48. The van der Waals surface area contributed by atoms with Gasteiger partial charge in [0.2, 0.25) is 0 Å². The van der Waals surface area contributed by atoms with Crippen LogP contribution in [0, 0.1) is 16.7 Å². The number of nitrogens with one attached hydrogen (secondary N) is 1. The lowest BCUT2D eigenvalue weighted by Gasteiger charge is -2.16. The van der Waals surface area contributed by atoms with Gasteiger partial charge in [-0.3, -0.25) is 0 Å². The maximum absolute atomic E-state index is 8.82. The molecular weight excluding hydrogens is 224 g/mol. The molecule has 1 aliphatic rings. The van der Waals surface area contributed by atoms with E-state index in [4.69, 9.17) is 10.00 Å². The molecule has 0 amide bonds. The van der Waals surface area contributed by atoms with Crippen molar-refractivity contribution < 1.29 is 4.74 Å². The first-order valence-corrected chi connectivity index (χ1v) is 6.47. The van der Waals surface area contributed by atoms with E-state index in [0.29, 0.717) is 6.42 Å². The molecule has 0 spiro atoms. The topological polar surface area (TPSA) is 45.0 Å². The lowest BCUT2D eigenvalue weighted by Crippen LogP contribution is -2.16. The van der Waals surface area contributed by atoms with Crippen molar-refractivity contribution in [1.82, 2.24) is 0 Å². The van der Waals surface area contributed by atoms with Crippen molar-refractivity contribution in [3.05, 3.63) is 29.8 Å². The number of ether oxygens (including phenoxy) is 1. The highest BCUT2D eigenvalue weighted by Gasteiger charge is 2.42. The average Bonchev–Trinajstić information content (AvgIpc) is 3.16. The molecule has 0 bridgehead atoms. The zero-order valence-electron chi connectivity index (χ0n) is 10.9. The van der Waals surface area contributed by atoms with Gasteiger partial charge in [0.25, 0.3) is 0 Å². The second kappa shape index (κ2) is 5.88. The summed E-state index contributed by atoms with van der Waals surface area (Å²) in [6, 6.07) is 10.6. The number of para-hydroxylation sites is 1. The molecule has 1 aromatic rings. The third-order valence-corrected chi connectivity index (χ3v) is 3.66. The molecule has 0 radical (unpaired) electrons. The molecule has 3 nitrogen and oxygen atoms in total. The highest BCUT2D eigenvalue weighted by atomic mass is 16.5. The number of benzene rings is 1. The Hall–Kier alpha value is -1.53. The Labute approximate surface area is 109 Å². The molecule has 0 saturated heterocycles. The molecule has 0 unspecified atom stereocenters. The zero-order chi connectivity index (χ0) is 12.8. The second-order valence-corrected chi connectivity index (χ2v) is 5.09. The lowest BCUT2D eigenvalue weighted by atomic mass is 10.0. The molecule has 2 rings (SSSR count). The van der Waals surface area contributed by atoms with Crippen LogP contribution in [-0.2, 0) is 11.2 Å². The van der Waals surface area contributed by atoms with Gasteiger partial charge in [0.05, 0.1) is 12.7 Å². The van der Waals surface area contributed by atoms with Crippen molar-refractivity contribution in [2.75, 3.05) is 25.6 Å². The van der Waals surface area contributed by atoms with Gasteiger partial charge in [-0.05, 0) is 30.9 Å². The van der Waals surface area contributed by atoms with Crippen molar-refractivity contribution in [2.45, 2.75) is 25.7 Å². The van der Waals surface area contributed by atoms with Crippen LogP contribution in [0.25, 0.3) is 0 Å². The summed E-state index contributed by atoms with van der Waals surface area (Å²) in [7, 11) is 1.72. The minimum atomic E-state index is 0.239. The molecule has 1 saturated carbocycles. The number of hydrogen-bond acceptors (Lipinski definition) is 3. The highest BCUT2D eigenvalue weighted by molar-refractivity contribution is 5.51. The summed E-state index contributed by atoms with van der Waals surface area (Å²) in [4.78, 5) is 0. The average molecular weight is 244 g/mol. The van der Waals surface area contributed by atoms with Gasteiger partial charge in [-0.25, -0.2) is 0 Å². The molecule has 0 aliphatic heterocycles. The second-order valence-electron chi connectivity index (χ2n) is 5.09. The van der Waals surface area contributed by atoms with Crippen LogP contribution in [0.15, 0.2) is 24.3 Å². The predicted molar refractivity (Wildman–Crippen MR) is 72.4 cm³/mol. The number of rotatable bonds is 7. The van der Waals surface area contributed by atoms with Crippen LogP contribution in [0.3, 0.4) is 0 Å². The minimum Gasteiger partial charge on any atom is -0.384 e. The minimum absolute atomic E-state index is 0.239. The molecular formula is C15H20N2O. The summed E-state index contributed by atoms with van der Waals surface area (Å²) in [5.41, 5.74) is 2.70. The van der Waals surface area contributed by atoms with Gasteiger partial charge < -0.3 is 10.1 Å². The van der Waals surface area contributed by atoms with Gasteiger partial charge in [-0.2, -0.15) is 5.26 Å². The molecule has 0 atom stereocenters. The van der Waals surface area contributed by atoms with Crippen molar-refractivity contribution in [1.29, 1.82) is 5.26 Å². The van der Waals surface area contributed by atoms with Crippen LogP contribution < -0.4 is 5.32 Å². The maximum atomic E-state index is 8.82. The molecule has 1 aliphatic carbocycles. The van der Waals surface area contributed by atoms with Crippen LogP contribution >= 0.6 is 0 Å². The van der Waals surface area contributed by atoms with Crippen LogP contribution in [0.4, 0.5) is 5.69 Å². The third kappa shape index (κ3) is 3.24. The number of nitriles is 1. The number of nitrogens with zero attached hydrogens (tertiary/aromatic N) is 1. The van der Waals surface area contributed by atoms with E-state index in [9.17, 15) is 0 Å². The monoisotopic (exact) mass is 244 g/mol. The fourth-order valence-electron chi connectivity index (χ4n) is 2.17. The van der Waals surface area contributed by atoms with Gasteiger partial charge in [0, 0.05) is 31.2 Å². The van der Waals surface area contributed by atoms with Crippen molar-refractivity contribution in [3.63, 3.8) is 0 Å². The molecule has 0 heterocycles. The van der Waals surface area contributed by atoms with Crippen molar-refractivity contribution in [3.8, 4) is 6.07 Å². The normalized spacial score (nSPS) is 16.0. The maximum Gasteiger partial charge on any atom is 0.0628 e. The van der Waals surface area contributed by atoms with Gasteiger partial charge in [0.15, 0.2) is 0 Å². The Morgan fingerprint density at radius 1 is 1.39 bits per heavy atom. The standard InChI is InChI=1S/C15H20N2O/c1-18-11-6-13-4-2-3-5-14(13)17-12-15(7-8-15)9-10-16/h2-5,17H,6-9,11-12H2,1H3. The Morgan fingerprint density at radius 2 is 2.17 bits per heavy atom. The van der Waals surface area contributed by atoms with E-state index in [2.05, 4.69) is 29.6 Å². The number of methoxy groups -OCH3 is 1. The van der Waals surface area contributed by atoms with E-state index in [1.54, 1.807) is 7.11 Å². The van der Waals surface area contributed by atoms with E-state index in [1.807, 2.05) is 6.07 Å². The summed E-state index contributed by atoms with van der Waals surface area (Å²) >= 11 is 0. The smallest absolute Gasteiger partial charge is 0.0628 e. The van der Waals surface area contributed by atoms with Crippen LogP contribution in [0.2, 0.25) is 0 Å². The van der Waals surface area contributed by atoms with E-state index in [0.717, 1.165) is 19.6 Å². The molecule has 1 fully saturated rings. The Balaban J connectivity index is 1.94. The van der Waals surface area contributed by atoms with Crippen LogP contribution in [0.1, 0.15) is 24.8 Å². The van der Waals surface area contributed by atoms with Crippen LogP contribution in [0.5, 0.6) is 0 Å². The largest absolute Gasteiger partial charge is 0.384 e. The van der Waals surface area contributed by atoms with Gasteiger partial charge in [-0.1, -0.05) is 18.2 Å². The SMILES string of the molecule is COCCc1ccccc1NCC1(CC#N)CC1.